The average Bonchev–Trinajstić information content (AvgIpc) is 1.95. The van der Waals surface area contributed by atoms with E-state index in [1.165, 1.54) is 0 Å². The van der Waals surface area contributed by atoms with Crippen LogP contribution in [0.4, 0.5) is 0 Å². The summed E-state index contributed by atoms with van der Waals surface area (Å²) in [6.45, 7) is 9.46. The summed E-state index contributed by atoms with van der Waals surface area (Å²) in [7, 11) is 0. The minimum Gasteiger partial charge on any atom is -0.375 e. The first kappa shape index (κ1) is 11.7. The molecule has 0 aromatic heterocycles. The van der Waals surface area contributed by atoms with Crippen LogP contribution in [0.15, 0.2) is 12.2 Å². The molecule has 0 N–H and O–H groups in total. The van der Waals surface area contributed by atoms with Gasteiger partial charge in [0.1, 0.15) is 0 Å². The molecule has 0 spiro atoms. The Balaban J connectivity index is 3.15. The van der Waals surface area contributed by atoms with E-state index in [2.05, 4.69) is 0 Å². The van der Waals surface area contributed by atoms with E-state index >= 15 is 0 Å². The van der Waals surface area contributed by atoms with Crippen molar-refractivity contribution in [3.05, 3.63) is 12.2 Å². The van der Waals surface area contributed by atoms with E-state index in [9.17, 15) is 0 Å². The summed E-state index contributed by atoms with van der Waals surface area (Å²) >= 11 is 0. The lowest BCUT2D eigenvalue weighted by atomic mass is 10.4. The van der Waals surface area contributed by atoms with Crippen molar-refractivity contribution in [1.29, 1.82) is 0 Å². The highest BCUT2D eigenvalue weighted by Crippen LogP contribution is 1.90. The molecule has 72 valence electrons. The third-order valence-electron chi connectivity index (χ3n) is 1.22. The lowest BCUT2D eigenvalue weighted by Crippen LogP contribution is -2.03. The Labute approximate surface area is 75.6 Å². The molecule has 2 nitrogen and oxygen atoms in total. The minimum absolute atomic E-state index is 0.306. The van der Waals surface area contributed by atoms with Crippen molar-refractivity contribution in [2.45, 2.75) is 39.9 Å². The molecule has 0 radical (unpaired) electrons. The van der Waals surface area contributed by atoms with Gasteiger partial charge in [-0.15, -0.1) is 0 Å². The van der Waals surface area contributed by atoms with E-state index in [4.69, 9.17) is 9.47 Å². The normalized spacial score (nSPS) is 12.2. The fourth-order valence-corrected chi connectivity index (χ4v) is 0.632. The Morgan fingerprint density at radius 2 is 1.17 bits per heavy atom. The molecular weight excluding hydrogens is 152 g/mol. The summed E-state index contributed by atoms with van der Waals surface area (Å²) in [5.41, 5.74) is 0. The molecule has 0 aliphatic carbocycles. The van der Waals surface area contributed by atoms with E-state index in [1.807, 2.05) is 39.8 Å². The summed E-state index contributed by atoms with van der Waals surface area (Å²) in [4.78, 5) is 0. The van der Waals surface area contributed by atoms with E-state index in [0.717, 1.165) is 0 Å². The average molecular weight is 172 g/mol. The van der Waals surface area contributed by atoms with E-state index in [-0.39, 0.29) is 0 Å². The quantitative estimate of drug-likeness (QED) is 0.573. The second kappa shape index (κ2) is 7.32. The number of hydrogen-bond acceptors (Lipinski definition) is 2. The Bertz CT molecular complexity index is 103. The molecule has 0 saturated carbocycles. The lowest BCUT2D eigenvalue weighted by molar-refractivity contribution is 0.0952. The molecule has 2 heteroatoms. The molecule has 0 atom stereocenters. The summed E-state index contributed by atoms with van der Waals surface area (Å²) in [6.07, 6.45) is 4.59. The van der Waals surface area contributed by atoms with Crippen LogP contribution < -0.4 is 0 Å². The standard InChI is InChI=1S/C10H20O2/c1-9(2)11-7-5-6-8-12-10(3)4/h5-6,9-10H,7-8H2,1-4H3. The predicted molar refractivity (Wildman–Crippen MR) is 51.3 cm³/mol. The fourth-order valence-electron chi connectivity index (χ4n) is 0.632. The lowest BCUT2D eigenvalue weighted by Gasteiger charge is -2.04. The van der Waals surface area contributed by atoms with Crippen LogP contribution in [0.2, 0.25) is 0 Å². The molecule has 0 amide bonds. The van der Waals surface area contributed by atoms with Gasteiger partial charge in [0.25, 0.3) is 0 Å². The molecule has 0 saturated heterocycles. The van der Waals surface area contributed by atoms with Crippen LogP contribution in [-0.4, -0.2) is 25.4 Å². The Morgan fingerprint density at radius 3 is 1.42 bits per heavy atom. The van der Waals surface area contributed by atoms with Crippen molar-refractivity contribution in [2.24, 2.45) is 0 Å². The zero-order valence-electron chi connectivity index (χ0n) is 8.54. The van der Waals surface area contributed by atoms with Crippen molar-refractivity contribution >= 4 is 0 Å². The maximum absolute atomic E-state index is 5.31. The first-order chi connectivity index (χ1) is 5.63. The van der Waals surface area contributed by atoms with Gasteiger partial charge in [-0.3, -0.25) is 0 Å². The van der Waals surface area contributed by atoms with Gasteiger partial charge >= 0.3 is 0 Å². The highest BCUT2D eigenvalue weighted by molar-refractivity contribution is 4.81. The van der Waals surface area contributed by atoms with Gasteiger partial charge in [-0.1, -0.05) is 12.2 Å². The third kappa shape index (κ3) is 9.66. The highest BCUT2D eigenvalue weighted by atomic mass is 16.5. The molecule has 0 aliphatic rings. The van der Waals surface area contributed by atoms with Gasteiger partial charge in [0.2, 0.25) is 0 Å². The third-order valence-corrected chi connectivity index (χ3v) is 1.22. The van der Waals surface area contributed by atoms with Gasteiger partial charge < -0.3 is 9.47 Å². The van der Waals surface area contributed by atoms with Crippen LogP contribution in [0, 0.1) is 0 Å². The van der Waals surface area contributed by atoms with E-state index < -0.39 is 0 Å². The van der Waals surface area contributed by atoms with Crippen LogP contribution in [0.3, 0.4) is 0 Å². The summed E-state index contributed by atoms with van der Waals surface area (Å²) in [5, 5.41) is 0. The fraction of sp³-hybridized carbons (Fsp3) is 0.800. The molecule has 0 heterocycles. The number of hydrogen-bond donors (Lipinski definition) is 0. The predicted octanol–water partition coefficient (Wildman–Crippen LogP) is 2.39. The second-order valence-corrected chi connectivity index (χ2v) is 3.24. The molecule has 0 aliphatic heterocycles. The zero-order chi connectivity index (χ0) is 9.40. The first-order valence-corrected chi connectivity index (χ1v) is 4.51. The van der Waals surface area contributed by atoms with Crippen molar-refractivity contribution in [1.82, 2.24) is 0 Å². The highest BCUT2D eigenvalue weighted by Gasteiger charge is 1.89. The molecule has 0 aromatic rings. The Morgan fingerprint density at radius 1 is 0.833 bits per heavy atom. The number of ether oxygens (including phenoxy) is 2. The molecule has 0 aromatic carbocycles. The summed E-state index contributed by atoms with van der Waals surface area (Å²) < 4.78 is 10.6. The van der Waals surface area contributed by atoms with Crippen molar-refractivity contribution < 1.29 is 9.47 Å². The van der Waals surface area contributed by atoms with E-state index in [1.54, 1.807) is 0 Å². The molecular formula is C10H20O2. The second-order valence-electron chi connectivity index (χ2n) is 3.24. The topological polar surface area (TPSA) is 18.5 Å². The maximum atomic E-state index is 5.31. The largest absolute Gasteiger partial charge is 0.375 e. The van der Waals surface area contributed by atoms with Gasteiger partial charge in [0.15, 0.2) is 0 Å². The van der Waals surface area contributed by atoms with Crippen LogP contribution in [0.25, 0.3) is 0 Å². The Kier molecular flexibility index (Phi) is 7.11. The van der Waals surface area contributed by atoms with Gasteiger partial charge in [0.05, 0.1) is 25.4 Å². The van der Waals surface area contributed by atoms with Crippen LogP contribution >= 0.6 is 0 Å². The smallest absolute Gasteiger partial charge is 0.0651 e. The van der Waals surface area contributed by atoms with Crippen molar-refractivity contribution in [3.8, 4) is 0 Å². The maximum Gasteiger partial charge on any atom is 0.0651 e. The van der Waals surface area contributed by atoms with E-state index in [0.29, 0.717) is 25.4 Å². The van der Waals surface area contributed by atoms with Gasteiger partial charge in [0, 0.05) is 0 Å². The summed E-state index contributed by atoms with van der Waals surface area (Å²) in [6, 6.07) is 0. The molecule has 12 heavy (non-hydrogen) atoms. The molecule has 0 rings (SSSR count). The molecule has 0 fully saturated rings. The number of rotatable bonds is 6. The van der Waals surface area contributed by atoms with Crippen LogP contribution in [0.1, 0.15) is 27.7 Å². The van der Waals surface area contributed by atoms with Gasteiger partial charge in [-0.05, 0) is 27.7 Å². The minimum atomic E-state index is 0.306. The monoisotopic (exact) mass is 172 g/mol. The van der Waals surface area contributed by atoms with Gasteiger partial charge in [-0.2, -0.15) is 0 Å². The zero-order valence-corrected chi connectivity index (χ0v) is 8.54. The molecule has 0 bridgehead atoms. The van der Waals surface area contributed by atoms with Crippen molar-refractivity contribution in [2.75, 3.05) is 13.2 Å². The van der Waals surface area contributed by atoms with Crippen LogP contribution in [-0.2, 0) is 9.47 Å². The summed E-state index contributed by atoms with van der Waals surface area (Å²) in [5.74, 6) is 0. The van der Waals surface area contributed by atoms with Crippen LogP contribution in [0.5, 0.6) is 0 Å². The first-order valence-electron chi connectivity index (χ1n) is 4.51. The molecule has 0 unspecified atom stereocenters. The van der Waals surface area contributed by atoms with Crippen molar-refractivity contribution in [3.63, 3.8) is 0 Å². The van der Waals surface area contributed by atoms with Gasteiger partial charge in [-0.25, -0.2) is 0 Å². The SMILES string of the molecule is CC(C)OCC=CCOC(C)C. The Hall–Kier alpha value is -0.340.